The van der Waals surface area contributed by atoms with Gasteiger partial charge in [0, 0.05) is 0 Å². The minimum atomic E-state index is -2.62. The number of hydrogen-bond acceptors (Lipinski definition) is 3. The van der Waals surface area contributed by atoms with E-state index >= 15 is 0 Å². The topological polar surface area (TPSA) is 95.2 Å². The largest absolute Gasteiger partial charge is 0.344 e. The molecule has 0 aliphatic heterocycles. The molecule has 0 spiro atoms. The van der Waals surface area contributed by atoms with Gasteiger partial charge in [-0.25, -0.2) is 13.6 Å². The lowest BCUT2D eigenvalue weighted by Crippen LogP contribution is -1.85. The third-order valence-corrected chi connectivity index (χ3v) is 0. The van der Waals surface area contributed by atoms with Crippen molar-refractivity contribution < 1.29 is 8.42 Å². The predicted octanol–water partition coefficient (Wildman–Crippen LogP) is -1.37. The molecule has 0 saturated heterocycles. The molecular weight excluding hydrogens is 92.1 g/mol. The summed E-state index contributed by atoms with van der Waals surface area (Å²) in [6.07, 6.45) is 0. The average molecular weight is 98.1 g/mol. The van der Waals surface area contributed by atoms with Crippen LogP contribution >= 0.6 is 0 Å². The Bertz CT molecular complexity index is 56.0. The van der Waals surface area contributed by atoms with E-state index in [0.717, 1.165) is 0 Å². The zero-order valence-electron chi connectivity index (χ0n) is 2.55. The standard InChI is InChI=1S/H3NO2S.H3N/c1-4(2)3;/h4H,(H2,1,2,3);1H3. The summed E-state index contributed by atoms with van der Waals surface area (Å²) >= 11 is 0. The van der Waals surface area contributed by atoms with Gasteiger partial charge in [-0.1, -0.05) is 0 Å². The molecule has 0 aliphatic carbocycles. The molecule has 0 atom stereocenters. The smallest absolute Gasteiger partial charge is 0.198 e. The molecule has 0 aliphatic rings. The second-order valence-corrected chi connectivity index (χ2v) is 0.856. The molecule has 5 heavy (non-hydrogen) atoms. The third kappa shape index (κ3) is 801. The van der Waals surface area contributed by atoms with E-state index in [1.165, 1.54) is 0 Å². The van der Waals surface area contributed by atoms with E-state index in [0.29, 0.717) is 0 Å². The van der Waals surface area contributed by atoms with Crippen LogP contribution in [-0.2, 0) is 10.9 Å². The molecule has 34 valence electrons. The molecule has 4 nitrogen and oxygen atoms in total. The zero-order valence-corrected chi connectivity index (χ0v) is 3.44. The van der Waals surface area contributed by atoms with Gasteiger partial charge in [0.2, 0.25) is 0 Å². The summed E-state index contributed by atoms with van der Waals surface area (Å²) in [7, 11) is -2.62. The van der Waals surface area contributed by atoms with Gasteiger partial charge in [0.1, 0.15) is 0 Å². The van der Waals surface area contributed by atoms with E-state index < -0.39 is 10.9 Å². The normalized spacial score (nSPS) is 6.80. The van der Waals surface area contributed by atoms with Crippen molar-refractivity contribution in [2.75, 3.05) is 0 Å². The lowest BCUT2D eigenvalue weighted by atomic mass is 14.0. The van der Waals surface area contributed by atoms with Crippen LogP contribution in [0.1, 0.15) is 0 Å². The average Bonchev–Trinajstić information content (AvgIpc) is 0.811. The van der Waals surface area contributed by atoms with Crippen LogP contribution in [0.25, 0.3) is 0 Å². The summed E-state index contributed by atoms with van der Waals surface area (Å²) in [6.45, 7) is 0. The van der Waals surface area contributed by atoms with E-state index in [1.54, 1.807) is 0 Å². The van der Waals surface area contributed by atoms with Crippen molar-refractivity contribution in [1.82, 2.24) is 6.15 Å². The monoisotopic (exact) mass is 98.0 g/mol. The second-order valence-electron chi connectivity index (χ2n) is 0.285. The van der Waals surface area contributed by atoms with Crippen molar-refractivity contribution >= 4 is 10.9 Å². The van der Waals surface area contributed by atoms with Gasteiger partial charge in [0.05, 0.1) is 0 Å². The lowest BCUT2D eigenvalue weighted by Gasteiger charge is -1.44. The number of rotatable bonds is 0. The highest BCUT2D eigenvalue weighted by molar-refractivity contribution is 7.69. The Morgan fingerprint density at radius 3 is 1.40 bits per heavy atom. The molecule has 0 heterocycles. The number of nitrogens with two attached hydrogens (primary N) is 1. The molecule has 5 N–H and O–H groups in total. The second kappa shape index (κ2) is 3.87. The Morgan fingerprint density at radius 1 is 1.40 bits per heavy atom. The third-order valence-electron chi connectivity index (χ3n) is 0. The minimum Gasteiger partial charge on any atom is -0.344 e. The Labute approximate surface area is 31.6 Å². The van der Waals surface area contributed by atoms with Crippen molar-refractivity contribution in [1.29, 1.82) is 0 Å². The van der Waals surface area contributed by atoms with Gasteiger partial charge >= 0.3 is 0 Å². The quantitative estimate of drug-likeness (QED) is 0.326. The van der Waals surface area contributed by atoms with Gasteiger partial charge in [-0.05, 0) is 0 Å². The van der Waals surface area contributed by atoms with Gasteiger partial charge in [-0.2, -0.15) is 0 Å². The maximum absolute atomic E-state index is 8.81. The van der Waals surface area contributed by atoms with E-state index in [2.05, 4.69) is 5.14 Å². The molecule has 0 fully saturated rings. The summed E-state index contributed by atoms with van der Waals surface area (Å²) in [5.41, 5.74) is 0. The van der Waals surface area contributed by atoms with E-state index in [4.69, 9.17) is 8.42 Å². The van der Waals surface area contributed by atoms with Crippen LogP contribution in [0.3, 0.4) is 0 Å². The van der Waals surface area contributed by atoms with Gasteiger partial charge in [0.15, 0.2) is 10.9 Å². The zero-order chi connectivity index (χ0) is 3.58. The predicted molar refractivity (Wildman–Crippen MR) is 19.5 cm³/mol. The van der Waals surface area contributed by atoms with Crippen molar-refractivity contribution in [3.8, 4) is 0 Å². The summed E-state index contributed by atoms with van der Waals surface area (Å²) in [6, 6.07) is 0. The first-order valence-corrected chi connectivity index (χ1v) is 1.87. The summed E-state index contributed by atoms with van der Waals surface area (Å²) in [5.74, 6) is 0. The van der Waals surface area contributed by atoms with Crippen LogP contribution in [0.4, 0.5) is 0 Å². The first-order valence-electron chi connectivity index (χ1n) is 0.623. The molecule has 0 bridgehead atoms. The van der Waals surface area contributed by atoms with Gasteiger partial charge in [0.25, 0.3) is 0 Å². The summed E-state index contributed by atoms with van der Waals surface area (Å²) < 4.78 is 17.6. The van der Waals surface area contributed by atoms with E-state index in [1.807, 2.05) is 0 Å². The van der Waals surface area contributed by atoms with Crippen LogP contribution in [0.15, 0.2) is 0 Å². The van der Waals surface area contributed by atoms with Crippen LogP contribution < -0.4 is 11.3 Å². The minimum absolute atomic E-state index is 0. The fourth-order valence-electron chi connectivity index (χ4n) is 0. The van der Waals surface area contributed by atoms with Gasteiger partial charge in [-0.3, -0.25) is 0 Å². The van der Waals surface area contributed by atoms with Crippen LogP contribution in [0.5, 0.6) is 0 Å². The Balaban J connectivity index is 0. The Morgan fingerprint density at radius 2 is 1.40 bits per heavy atom. The van der Waals surface area contributed by atoms with E-state index in [-0.39, 0.29) is 6.15 Å². The van der Waals surface area contributed by atoms with Crippen LogP contribution in [-0.4, -0.2) is 8.42 Å². The van der Waals surface area contributed by atoms with Crippen molar-refractivity contribution in [2.24, 2.45) is 5.14 Å². The molecule has 0 radical (unpaired) electrons. The van der Waals surface area contributed by atoms with Crippen molar-refractivity contribution in [2.45, 2.75) is 0 Å². The molecule has 5 heteroatoms. The highest BCUT2D eigenvalue weighted by atomic mass is 32.2. The number of thiol groups is 1. The first kappa shape index (κ1) is 8.85. The summed E-state index contributed by atoms with van der Waals surface area (Å²) in [5, 5.41) is 4.06. The molecule has 0 aromatic carbocycles. The molecule has 0 aromatic rings. The molecule has 0 rings (SSSR count). The molecule has 0 amide bonds. The highest BCUT2D eigenvalue weighted by Crippen LogP contribution is 1.14. The van der Waals surface area contributed by atoms with E-state index in [9.17, 15) is 0 Å². The highest BCUT2D eigenvalue weighted by Gasteiger charge is 1.42. The molecular formula is H6N2O2S. The van der Waals surface area contributed by atoms with Crippen LogP contribution in [0.2, 0.25) is 0 Å². The molecule has 0 unspecified atom stereocenters. The number of hydrogen-bond donors (Lipinski definition) is 3. The summed E-state index contributed by atoms with van der Waals surface area (Å²) in [4.78, 5) is 0. The van der Waals surface area contributed by atoms with Crippen molar-refractivity contribution in [3.63, 3.8) is 0 Å². The SMILES string of the molecule is N.N[SH](=O)=O. The Hall–Kier alpha value is -0.130. The fraction of sp³-hybridized carbons (Fsp3) is 0. The molecule has 0 aromatic heterocycles. The Kier molecular flexibility index (Phi) is 6.85. The maximum atomic E-state index is 8.81. The maximum Gasteiger partial charge on any atom is 0.198 e. The fourth-order valence-corrected chi connectivity index (χ4v) is 0. The lowest BCUT2D eigenvalue weighted by molar-refractivity contribution is 0.616. The van der Waals surface area contributed by atoms with Gasteiger partial charge < -0.3 is 6.15 Å². The van der Waals surface area contributed by atoms with Crippen molar-refractivity contribution in [3.05, 3.63) is 0 Å². The first-order chi connectivity index (χ1) is 1.73. The van der Waals surface area contributed by atoms with Crippen LogP contribution in [0, 0.1) is 0 Å². The van der Waals surface area contributed by atoms with Gasteiger partial charge in [-0.15, -0.1) is 0 Å². The molecule has 0 saturated carbocycles.